The Balaban J connectivity index is 0.000000139. The first-order chi connectivity index (χ1) is 67.9. The molecule has 16 aromatic carbocycles. The van der Waals surface area contributed by atoms with Crippen LogP contribution < -0.4 is 101 Å². The van der Waals surface area contributed by atoms with Crippen LogP contribution in [0.5, 0.6) is 46.0 Å². The van der Waals surface area contributed by atoms with Crippen LogP contribution in [0, 0.1) is 6.92 Å². The average molecular weight is 1760 g/mol. The fourth-order valence-corrected chi connectivity index (χ4v) is 21.4. The molecule has 20 heteroatoms. The first kappa shape index (κ1) is 78.8. The number of hydrogen-bond acceptors (Lipinski definition) is 16. The van der Waals surface area contributed by atoms with Crippen molar-refractivity contribution in [2.24, 2.45) is 0 Å². The predicted molar refractivity (Wildman–Crippen MR) is 554 cm³/mol. The Morgan fingerprint density at radius 3 is 0.861 bits per heavy atom. The molecule has 0 spiro atoms. The predicted octanol–water partition coefficient (Wildman–Crippen LogP) is 23.6. The molecular weight excluding hydrogens is 1680 g/mol. The van der Waals surface area contributed by atoms with Crippen LogP contribution in [0.4, 0.5) is 102 Å². The third kappa shape index (κ3) is 13.0. The Morgan fingerprint density at radius 2 is 0.504 bits per heavy atom. The van der Waals surface area contributed by atoms with E-state index in [1.165, 1.54) is 0 Å². The summed E-state index contributed by atoms with van der Waals surface area (Å²) in [4.78, 5) is 32.5. The maximum atomic E-state index is 7.40. The van der Waals surface area contributed by atoms with Crippen molar-refractivity contribution in [3.05, 3.63) is 449 Å². The molecule has 8 aliphatic rings. The van der Waals surface area contributed by atoms with Crippen molar-refractivity contribution in [3.8, 4) is 90.5 Å². The van der Waals surface area contributed by atoms with Crippen molar-refractivity contribution in [2.45, 2.75) is 6.92 Å². The number of nitrogens with zero attached hydrogens (tertiary/aromatic N) is 10. The van der Waals surface area contributed by atoms with Crippen molar-refractivity contribution < 1.29 is 28.1 Å². The van der Waals surface area contributed by atoms with Gasteiger partial charge in [-0.1, -0.05) is 194 Å². The molecule has 0 amide bonds. The fourth-order valence-electron chi connectivity index (χ4n) is 21.4. The van der Waals surface area contributed by atoms with E-state index in [-0.39, 0.29) is 0 Å². The number of fused-ring (bicyclic) bond motifs is 16. The molecule has 0 radical (unpaired) electrons. The number of aromatic nitrogens is 4. The molecule has 16 nitrogen and oxygen atoms in total. The van der Waals surface area contributed by atoms with Crippen LogP contribution in [-0.2, 0) is 0 Å². The minimum atomic E-state index is -0.479. The van der Waals surface area contributed by atoms with E-state index in [9.17, 15) is 0 Å². The van der Waals surface area contributed by atoms with Crippen molar-refractivity contribution in [1.82, 2.24) is 19.9 Å². The van der Waals surface area contributed by atoms with Crippen molar-refractivity contribution in [1.29, 1.82) is 0 Å². The summed E-state index contributed by atoms with van der Waals surface area (Å²) in [6, 6.07) is 138. The van der Waals surface area contributed by atoms with Gasteiger partial charge in [-0.2, -0.15) is 0 Å². The zero-order chi connectivity index (χ0) is 90.3. The van der Waals surface area contributed by atoms with Gasteiger partial charge in [-0.25, -0.2) is 0 Å². The van der Waals surface area contributed by atoms with Gasteiger partial charge in [-0.15, -0.1) is 0 Å². The Morgan fingerprint density at radius 1 is 0.219 bits per heavy atom. The molecule has 0 unspecified atom stereocenters. The Hall–Kier alpha value is -18.0. The largest absolute Gasteiger partial charge is 0.551 e. The van der Waals surface area contributed by atoms with Gasteiger partial charge in [0.25, 0.3) is 0 Å². The van der Waals surface area contributed by atoms with Crippen LogP contribution in [-0.4, -0.2) is 47.6 Å². The van der Waals surface area contributed by atoms with Crippen LogP contribution in [0.3, 0.4) is 0 Å². The van der Waals surface area contributed by atoms with Gasteiger partial charge in [0.2, 0.25) is 0 Å². The number of para-hydroxylation sites is 10. The molecule has 12 heterocycles. The number of ether oxygens (including phenoxy) is 2. The molecule has 20 aromatic rings. The van der Waals surface area contributed by atoms with Crippen LogP contribution >= 0.6 is 0 Å². The summed E-state index contributed by atoms with van der Waals surface area (Å²) in [6.07, 6.45) is 14.9. The Labute approximate surface area is 792 Å². The summed E-state index contributed by atoms with van der Waals surface area (Å²) < 4.78 is 43.4. The van der Waals surface area contributed by atoms with E-state index in [4.69, 9.17) is 28.1 Å². The lowest BCUT2D eigenvalue weighted by Crippen LogP contribution is -2.60. The van der Waals surface area contributed by atoms with Gasteiger partial charge in [-0.05, 0) is 222 Å². The van der Waals surface area contributed by atoms with Gasteiger partial charge in [0.1, 0.15) is 46.0 Å². The molecule has 4 aromatic heterocycles. The molecular formula is C117H76B4N10O6. The van der Waals surface area contributed by atoms with Crippen LogP contribution in [0.15, 0.2) is 444 Å². The third-order valence-corrected chi connectivity index (χ3v) is 27.2. The quantitative estimate of drug-likeness (QED) is 0.0958. The van der Waals surface area contributed by atoms with Crippen LogP contribution in [0.25, 0.3) is 44.5 Å². The SMILES string of the molecule is Cc1c2c(cc3c1N(c1ccccc1)c1cc(N(c4ccccc4)c4ccccc4)cc4c1B3Oc1ccncc1-4)B1Oc3ccncc3-c3cc(N(c4ccccc4)c4ccccc4)cc(c31)O2.c1ccc(N(c2ccccc2)c2cc3c4c(c2)-c2cnccc2OB4c2cc4c(cc2O3)N(c2ccccc2)c2cc(N(c3ccccc3)c3ccccc3)cc3c2B4Oc2ccncc2-3)cc1. The highest BCUT2D eigenvalue weighted by molar-refractivity contribution is 6.89. The van der Waals surface area contributed by atoms with E-state index in [1.807, 2.05) is 79.5 Å². The molecule has 8 aliphatic heterocycles. The summed E-state index contributed by atoms with van der Waals surface area (Å²) in [6.45, 7) is 0.306. The topological polar surface area (TPSA) is 126 Å². The highest BCUT2D eigenvalue weighted by atomic mass is 16.5. The van der Waals surface area contributed by atoms with Gasteiger partial charge in [0.15, 0.2) is 0 Å². The highest BCUT2D eigenvalue weighted by Gasteiger charge is 2.52. The fraction of sp³-hybridized carbons (Fsp3) is 0.00855. The van der Waals surface area contributed by atoms with Crippen molar-refractivity contribution >= 4 is 174 Å². The van der Waals surface area contributed by atoms with E-state index in [2.05, 4.69) is 402 Å². The molecule has 0 saturated heterocycles. The monoisotopic (exact) mass is 1760 g/mol. The standard InChI is InChI=1S/C59H39B2N5O3.C58H37B2N5O3/c1-38-58-50(35-51-59(38)67-55-34-45(32-47-49-37-63-30-28-54(49)69-61(51)57(47)55)65(41-21-11-4-12-22-41)42-23-13-5-14-24-42)60-56-46(48-36-62-29-27-53(48)68-60)31-44(33-52(56)66(58)43-25-15-6-16-26-43)64(39-17-7-2-8-18-39)40-19-9-3-10-20-40;1-6-16-38(17-7-1)63(39-18-8-2-9-19-39)43-30-45-47-36-61-28-26-53(47)67-59-49-34-50-55(35-51(49)65(52(32-43)57(45)59)42-24-14-5-15-25-42)66-56-33-44(31-46-48-37-62-29-27-54(48)68-60(50)58(46)56)64(40-20-10-3-11-21-40)41-22-12-4-13-23-41/h2-37H,1H3;1-37H. The second-order valence-electron chi connectivity index (χ2n) is 35.0. The first-order valence-corrected chi connectivity index (χ1v) is 46.1. The van der Waals surface area contributed by atoms with Crippen LogP contribution in [0.2, 0.25) is 0 Å². The van der Waals surface area contributed by atoms with Gasteiger partial charge in [0.05, 0.1) is 17.1 Å². The number of rotatable bonds is 14. The van der Waals surface area contributed by atoms with Gasteiger partial charge >= 0.3 is 27.7 Å². The lowest BCUT2D eigenvalue weighted by atomic mass is 9.45. The minimum absolute atomic E-state index is 0.459. The summed E-state index contributed by atoms with van der Waals surface area (Å²) in [7, 11) is 0. The summed E-state index contributed by atoms with van der Waals surface area (Å²) >= 11 is 0. The summed E-state index contributed by atoms with van der Waals surface area (Å²) in [5.41, 5.74) is 35.1. The van der Waals surface area contributed by atoms with Gasteiger partial charge < -0.3 is 57.5 Å². The third-order valence-electron chi connectivity index (χ3n) is 27.2. The number of anilines is 18. The lowest BCUT2D eigenvalue weighted by Gasteiger charge is -2.43. The van der Waals surface area contributed by atoms with Crippen LogP contribution in [0.1, 0.15) is 5.56 Å². The minimum Gasteiger partial charge on any atom is -0.551 e. The number of hydrogen-bond donors (Lipinski definition) is 0. The zero-order valence-electron chi connectivity index (χ0n) is 73.9. The number of pyridine rings is 4. The van der Waals surface area contributed by atoms with E-state index in [1.54, 1.807) is 18.6 Å². The molecule has 0 bridgehead atoms. The molecule has 0 fully saturated rings. The Kier molecular flexibility index (Phi) is 18.5. The molecule has 0 N–H and O–H groups in total. The normalized spacial score (nSPS) is 13.0. The summed E-state index contributed by atoms with van der Waals surface area (Å²) in [5.74, 6) is 6.01. The Bertz CT molecular complexity index is 8030. The van der Waals surface area contributed by atoms with E-state index < -0.39 is 27.7 Å². The van der Waals surface area contributed by atoms with E-state index in [0.717, 1.165) is 236 Å². The number of benzene rings is 16. The average Bonchev–Trinajstić information content (AvgIpc) is 0.837. The van der Waals surface area contributed by atoms with Gasteiger partial charge in [0, 0.05) is 214 Å². The second kappa shape index (κ2) is 32.2. The molecule has 0 saturated carbocycles. The van der Waals surface area contributed by atoms with Crippen molar-refractivity contribution in [2.75, 3.05) is 29.4 Å². The lowest BCUT2D eigenvalue weighted by molar-refractivity contribution is 0.476. The summed E-state index contributed by atoms with van der Waals surface area (Å²) in [5, 5.41) is 0. The molecule has 642 valence electrons. The maximum Gasteiger partial charge on any atom is 0.434 e. The smallest absolute Gasteiger partial charge is 0.434 e. The first-order valence-electron chi connectivity index (χ1n) is 46.1. The zero-order valence-corrected chi connectivity index (χ0v) is 73.9. The maximum absolute atomic E-state index is 7.40. The molecule has 0 aliphatic carbocycles. The molecule has 28 rings (SSSR count). The van der Waals surface area contributed by atoms with E-state index >= 15 is 0 Å². The molecule has 137 heavy (non-hydrogen) atoms. The van der Waals surface area contributed by atoms with E-state index in [0.29, 0.717) is 5.75 Å². The highest BCUT2D eigenvalue weighted by Crippen LogP contribution is 2.55. The van der Waals surface area contributed by atoms with Crippen molar-refractivity contribution in [3.63, 3.8) is 0 Å². The second-order valence-corrected chi connectivity index (χ2v) is 35.0. The molecule has 0 atom stereocenters. The van der Waals surface area contributed by atoms with Gasteiger partial charge in [-0.3, -0.25) is 19.9 Å².